The highest BCUT2D eigenvalue weighted by molar-refractivity contribution is 7.89. The van der Waals surface area contributed by atoms with Gasteiger partial charge in [-0.2, -0.15) is 4.31 Å². The molecule has 0 bridgehead atoms. The van der Waals surface area contributed by atoms with Crippen LogP contribution in [0.15, 0.2) is 0 Å². The van der Waals surface area contributed by atoms with Gasteiger partial charge in [0, 0.05) is 12.6 Å². The van der Waals surface area contributed by atoms with Crippen LogP contribution in [-0.2, 0) is 19.6 Å². The van der Waals surface area contributed by atoms with Gasteiger partial charge in [0.05, 0.1) is 24.9 Å². The largest absolute Gasteiger partial charge is 0.481 e. The number of carboxylic acids is 1. The number of sulfonamides is 1. The van der Waals surface area contributed by atoms with Gasteiger partial charge in [0.25, 0.3) is 0 Å². The van der Waals surface area contributed by atoms with Crippen molar-refractivity contribution in [2.24, 2.45) is 0 Å². The van der Waals surface area contributed by atoms with Crippen molar-refractivity contribution in [2.45, 2.75) is 45.3 Å². The van der Waals surface area contributed by atoms with E-state index in [0.717, 1.165) is 6.42 Å². The number of carbonyl (C=O) groups is 1. The first-order valence-corrected chi connectivity index (χ1v) is 7.77. The smallest absolute Gasteiger partial charge is 0.304 e. The molecule has 1 unspecified atom stereocenters. The minimum absolute atomic E-state index is 0.00593. The molecular weight excluding hydrogens is 258 g/mol. The van der Waals surface area contributed by atoms with Crippen LogP contribution in [0.5, 0.6) is 0 Å². The van der Waals surface area contributed by atoms with Gasteiger partial charge in [0.15, 0.2) is 0 Å². The fourth-order valence-electron chi connectivity index (χ4n) is 2.09. The van der Waals surface area contributed by atoms with E-state index in [0.29, 0.717) is 13.0 Å². The molecular formula is C11H21NO5S. The second kappa shape index (κ2) is 6.49. The first kappa shape index (κ1) is 15.4. The van der Waals surface area contributed by atoms with Crippen LogP contribution in [0.1, 0.15) is 33.1 Å². The molecule has 7 heteroatoms. The van der Waals surface area contributed by atoms with Crippen LogP contribution in [0.3, 0.4) is 0 Å². The average Bonchev–Trinajstić information content (AvgIpc) is 2.64. The van der Waals surface area contributed by atoms with Crippen molar-refractivity contribution in [2.75, 3.05) is 18.9 Å². The lowest BCUT2D eigenvalue weighted by Gasteiger charge is -2.23. The van der Waals surface area contributed by atoms with Crippen LogP contribution < -0.4 is 0 Å². The van der Waals surface area contributed by atoms with Gasteiger partial charge in [-0.1, -0.05) is 0 Å². The van der Waals surface area contributed by atoms with Crippen LogP contribution in [0.4, 0.5) is 0 Å². The fourth-order valence-corrected chi connectivity index (χ4v) is 3.67. The van der Waals surface area contributed by atoms with Gasteiger partial charge in [0.1, 0.15) is 0 Å². The molecule has 0 radical (unpaired) electrons. The maximum absolute atomic E-state index is 12.1. The summed E-state index contributed by atoms with van der Waals surface area (Å²) in [5.41, 5.74) is 0. The summed E-state index contributed by atoms with van der Waals surface area (Å²) in [5.74, 6) is -1.04. The zero-order valence-corrected chi connectivity index (χ0v) is 11.6. The van der Waals surface area contributed by atoms with Crippen molar-refractivity contribution in [1.82, 2.24) is 4.31 Å². The normalized spacial score (nSPS) is 21.6. The number of carboxylic acid groups (broad SMARTS) is 1. The maximum atomic E-state index is 12.1. The van der Waals surface area contributed by atoms with E-state index in [9.17, 15) is 13.2 Å². The highest BCUT2D eigenvalue weighted by atomic mass is 32.2. The summed E-state index contributed by atoms with van der Waals surface area (Å²) in [7, 11) is -3.41. The Kier molecular flexibility index (Phi) is 5.55. The zero-order chi connectivity index (χ0) is 13.8. The van der Waals surface area contributed by atoms with Crippen molar-refractivity contribution in [1.29, 1.82) is 0 Å². The van der Waals surface area contributed by atoms with E-state index in [1.165, 1.54) is 4.31 Å². The number of hydrogen-bond donors (Lipinski definition) is 1. The molecule has 1 aliphatic heterocycles. The van der Waals surface area contributed by atoms with E-state index in [1.54, 1.807) is 0 Å². The van der Waals surface area contributed by atoms with E-state index in [2.05, 4.69) is 0 Å². The molecule has 0 aromatic rings. The second-order valence-electron chi connectivity index (χ2n) is 4.74. The Morgan fingerprint density at radius 1 is 1.50 bits per heavy atom. The zero-order valence-electron chi connectivity index (χ0n) is 10.8. The minimum atomic E-state index is -3.41. The predicted octanol–water partition coefficient (Wildman–Crippen LogP) is 0.680. The summed E-state index contributed by atoms with van der Waals surface area (Å²) in [4.78, 5) is 10.7. The van der Waals surface area contributed by atoms with Crippen molar-refractivity contribution >= 4 is 16.0 Å². The number of hydrogen-bond acceptors (Lipinski definition) is 4. The molecule has 1 atom stereocenters. The number of ether oxygens (including phenoxy) is 1. The molecule has 0 saturated carbocycles. The van der Waals surface area contributed by atoms with Crippen molar-refractivity contribution in [3.8, 4) is 0 Å². The van der Waals surface area contributed by atoms with Gasteiger partial charge < -0.3 is 9.84 Å². The van der Waals surface area contributed by atoms with Gasteiger partial charge in [-0.05, 0) is 26.7 Å². The molecule has 0 spiro atoms. The van der Waals surface area contributed by atoms with Crippen LogP contribution >= 0.6 is 0 Å². The Morgan fingerprint density at radius 2 is 2.17 bits per heavy atom. The Labute approximate surface area is 108 Å². The molecule has 18 heavy (non-hydrogen) atoms. The van der Waals surface area contributed by atoms with Crippen LogP contribution in [0.2, 0.25) is 0 Å². The summed E-state index contributed by atoms with van der Waals surface area (Å²) < 4.78 is 30.7. The first-order chi connectivity index (χ1) is 8.33. The SMILES string of the molecule is CC(C)OCCS(=O)(=O)N1CCCC1CC(=O)O. The number of nitrogens with zero attached hydrogens (tertiary/aromatic N) is 1. The standard InChI is InChI=1S/C11H21NO5S/c1-9(2)17-6-7-18(15,16)12-5-3-4-10(12)8-11(13)14/h9-10H,3-8H2,1-2H3,(H,13,14). The molecule has 1 N–H and O–H groups in total. The molecule has 0 aromatic heterocycles. The molecule has 0 amide bonds. The summed E-state index contributed by atoms with van der Waals surface area (Å²) >= 11 is 0. The Bertz CT molecular complexity index is 379. The molecule has 0 aromatic carbocycles. The minimum Gasteiger partial charge on any atom is -0.481 e. The molecule has 1 aliphatic rings. The molecule has 1 saturated heterocycles. The molecule has 1 heterocycles. The van der Waals surface area contributed by atoms with E-state index in [-0.39, 0.29) is 24.9 Å². The maximum Gasteiger partial charge on any atom is 0.304 e. The molecule has 6 nitrogen and oxygen atoms in total. The number of rotatable bonds is 7. The van der Waals surface area contributed by atoms with Crippen LogP contribution in [-0.4, -0.2) is 54.8 Å². The highest BCUT2D eigenvalue weighted by Crippen LogP contribution is 2.23. The highest BCUT2D eigenvalue weighted by Gasteiger charge is 2.34. The third-order valence-electron chi connectivity index (χ3n) is 2.88. The van der Waals surface area contributed by atoms with Gasteiger partial charge in [-0.15, -0.1) is 0 Å². The van der Waals surface area contributed by atoms with E-state index >= 15 is 0 Å². The van der Waals surface area contributed by atoms with Crippen molar-refractivity contribution < 1.29 is 23.1 Å². The summed E-state index contributed by atoms with van der Waals surface area (Å²) in [6.45, 7) is 4.25. The fraction of sp³-hybridized carbons (Fsp3) is 0.909. The summed E-state index contributed by atoms with van der Waals surface area (Å²) in [6, 6.07) is -0.397. The van der Waals surface area contributed by atoms with Crippen molar-refractivity contribution in [3.63, 3.8) is 0 Å². The quantitative estimate of drug-likeness (QED) is 0.741. The molecule has 1 rings (SSSR count). The summed E-state index contributed by atoms with van der Waals surface area (Å²) in [5, 5.41) is 8.76. The lowest BCUT2D eigenvalue weighted by Crippen LogP contribution is -2.39. The lowest BCUT2D eigenvalue weighted by molar-refractivity contribution is -0.137. The van der Waals surface area contributed by atoms with Gasteiger partial charge >= 0.3 is 5.97 Å². The molecule has 106 valence electrons. The monoisotopic (exact) mass is 279 g/mol. The number of aliphatic carboxylic acids is 1. The first-order valence-electron chi connectivity index (χ1n) is 6.16. The van der Waals surface area contributed by atoms with Crippen molar-refractivity contribution in [3.05, 3.63) is 0 Å². The van der Waals surface area contributed by atoms with Gasteiger partial charge in [-0.3, -0.25) is 4.79 Å². The van der Waals surface area contributed by atoms with Gasteiger partial charge in [-0.25, -0.2) is 8.42 Å². The Balaban J connectivity index is 2.57. The van der Waals surface area contributed by atoms with E-state index in [1.807, 2.05) is 13.8 Å². The Morgan fingerprint density at radius 3 is 2.72 bits per heavy atom. The second-order valence-corrected chi connectivity index (χ2v) is 6.78. The van der Waals surface area contributed by atoms with E-state index in [4.69, 9.17) is 9.84 Å². The molecule has 1 fully saturated rings. The lowest BCUT2D eigenvalue weighted by atomic mass is 10.2. The predicted molar refractivity (Wildman–Crippen MR) is 66.9 cm³/mol. The van der Waals surface area contributed by atoms with E-state index < -0.39 is 22.0 Å². The van der Waals surface area contributed by atoms with Crippen LogP contribution in [0, 0.1) is 0 Å². The van der Waals surface area contributed by atoms with Crippen LogP contribution in [0.25, 0.3) is 0 Å². The Hall–Kier alpha value is -0.660. The third-order valence-corrected chi connectivity index (χ3v) is 4.76. The summed E-state index contributed by atoms with van der Waals surface area (Å²) in [6.07, 6.45) is 1.22. The molecule has 0 aliphatic carbocycles. The third kappa shape index (κ3) is 4.55. The topological polar surface area (TPSA) is 83.9 Å². The average molecular weight is 279 g/mol. The van der Waals surface area contributed by atoms with Gasteiger partial charge in [0.2, 0.25) is 10.0 Å².